The summed E-state index contributed by atoms with van der Waals surface area (Å²) in [5, 5.41) is 4.28. The standard InChI is InChI=1S/C11H14N4O3S2/c1-15(20(17,18)11-3-2-6-19-11)8-10(16)14-7-9-12-4-5-13-9/h2-6H,7-8H2,1H3,(H,12,13)(H,14,16). The van der Waals surface area contributed by atoms with Crippen LogP contribution in [0, 0.1) is 0 Å². The van der Waals surface area contributed by atoms with Gasteiger partial charge in [0.15, 0.2) is 0 Å². The van der Waals surface area contributed by atoms with Crippen molar-refractivity contribution < 1.29 is 13.2 Å². The van der Waals surface area contributed by atoms with Crippen molar-refractivity contribution in [2.45, 2.75) is 10.8 Å². The third-order valence-corrected chi connectivity index (χ3v) is 5.71. The van der Waals surface area contributed by atoms with Gasteiger partial charge in [-0.3, -0.25) is 4.79 Å². The van der Waals surface area contributed by atoms with Crippen molar-refractivity contribution in [3.63, 3.8) is 0 Å². The number of hydrogen-bond acceptors (Lipinski definition) is 5. The van der Waals surface area contributed by atoms with Gasteiger partial charge in [0.2, 0.25) is 5.91 Å². The van der Waals surface area contributed by atoms with Gasteiger partial charge in [0.05, 0.1) is 13.1 Å². The van der Waals surface area contributed by atoms with Crippen molar-refractivity contribution in [1.29, 1.82) is 0 Å². The predicted molar refractivity (Wildman–Crippen MR) is 74.6 cm³/mol. The van der Waals surface area contributed by atoms with E-state index >= 15 is 0 Å². The molecule has 0 atom stereocenters. The second-order valence-corrected chi connectivity index (χ2v) is 7.23. The molecule has 9 heteroatoms. The lowest BCUT2D eigenvalue weighted by atomic mass is 10.5. The number of likely N-dealkylation sites (N-methyl/N-ethyl adjacent to an activating group) is 1. The maximum Gasteiger partial charge on any atom is 0.252 e. The number of hydrogen-bond donors (Lipinski definition) is 2. The van der Waals surface area contributed by atoms with Gasteiger partial charge >= 0.3 is 0 Å². The van der Waals surface area contributed by atoms with E-state index in [-0.39, 0.29) is 23.2 Å². The van der Waals surface area contributed by atoms with Crippen LogP contribution in [0.1, 0.15) is 5.82 Å². The summed E-state index contributed by atoms with van der Waals surface area (Å²) in [4.78, 5) is 18.5. The third kappa shape index (κ3) is 3.44. The van der Waals surface area contributed by atoms with E-state index in [9.17, 15) is 13.2 Å². The zero-order valence-corrected chi connectivity index (χ0v) is 12.4. The Balaban J connectivity index is 1.91. The second-order valence-electron chi connectivity index (χ2n) is 4.01. The number of amides is 1. The van der Waals surface area contributed by atoms with Crippen LogP contribution in [-0.4, -0.2) is 42.2 Å². The summed E-state index contributed by atoms with van der Waals surface area (Å²) in [7, 11) is -2.22. The molecule has 2 rings (SSSR count). The average Bonchev–Trinajstić information content (AvgIpc) is 3.09. The maximum atomic E-state index is 12.1. The van der Waals surface area contributed by atoms with E-state index in [1.54, 1.807) is 23.8 Å². The highest BCUT2D eigenvalue weighted by atomic mass is 32.2. The molecule has 2 N–H and O–H groups in total. The maximum absolute atomic E-state index is 12.1. The van der Waals surface area contributed by atoms with Crippen LogP contribution in [0.3, 0.4) is 0 Å². The van der Waals surface area contributed by atoms with Gasteiger partial charge in [0, 0.05) is 19.4 Å². The van der Waals surface area contributed by atoms with Crippen LogP contribution in [0.4, 0.5) is 0 Å². The number of thiophene rings is 1. The molecule has 1 amide bonds. The first kappa shape index (κ1) is 14.7. The average molecular weight is 314 g/mol. The van der Waals surface area contributed by atoms with Crippen LogP contribution in [-0.2, 0) is 21.4 Å². The van der Waals surface area contributed by atoms with Gasteiger partial charge in [-0.2, -0.15) is 4.31 Å². The van der Waals surface area contributed by atoms with E-state index in [0.29, 0.717) is 5.82 Å². The van der Waals surface area contributed by atoms with Crippen molar-refractivity contribution in [2.75, 3.05) is 13.6 Å². The Morgan fingerprint density at radius 2 is 2.35 bits per heavy atom. The fourth-order valence-corrected chi connectivity index (χ4v) is 3.81. The second kappa shape index (κ2) is 6.16. The Labute approximate surface area is 120 Å². The molecule has 0 unspecified atom stereocenters. The number of carbonyl (C=O) groups excluding carboxylic acids is 1. The van der Waals surface area contributed by atoms with Crippen molar-refractivity contribution in [1.82, 2.24) is 19.6 Å². The van der Waals surface area contributed by atoms with Gasteiger partial charge in [0.25, 0.3) is 10.0 Å². The SMILES string of the molecule is CN(CC(=O)NCc1ncc[nH]1)S(=O)(=O)c1cccs1. The lowest BCUT2D eigenvalue weighted by molar-refractivity contribution is -0.121. The lowest BCUT2D eigenvalue weighted by Gasteiger charge is -2.15. The molecule has 0 radical (unpaired) electrons. The summed E-state index contributed by atoms with van der Waals surface area (Å²) in [5.41, 5.74) is 0. The molecule has 2 heterocycles. The largest absolute Gasteiger partial charge is 0.348 e. The number of nitrogens with zero attached hydrogens (tertiary/aromatic N) is 2. The first-order chi connectivity index (χ1) is 9.50. The fourth-order valence-electron chi connectivity index (χ4n) is 1.48. The van der Waals surface area contributed by atoms with Crippen molar-refractivity contribution in [2.24, 2.45) is 0 Å². The molecule has 0 spiro atoms. The minimum absolute atomic E-state index is 0.221. The summed E-state index contributed by atoms with van der Waals surface area (Å²) in [6.07, 6.45) is 3.23. The summed E-state index contributed by atoms with van der Waals surface area (Å²) in [6.45, 7) is -0.000332. The first-order valence-corrected chi connectivity index (χ1v) is 8.07. The number of aromatic nitrogens is 2. The molecule has 20 heavy (non-hydrogen) atoms. The van der Waals surface area contributed by atoms with Gasteiger partial charge in [-0.1, -0.05) is 6.07 Å². The number of carbonyl (C=O) groups is 1. The Hall–Kier alpha value is -1.71. The first-order valence-electron chi connectivity index (χ1n) is 5.75. The molecular weight excluding hydrogens is 300 g/mol. The van der Waals surface area contributed by atoms with Crippen molar-refractivity contribution in [3.8, 4) is 0 Å². The molecule has 0 aliphatic rings. The molecule has 0 aliphatic heterocycles. The zero-order valence-electron chi connectivity index (χ0n) is 10.7. The molecule has 108 valence electrons. The molecular formula is C11H14N4O3S2. The lowest BCUT2D eigenvalue weighted by Crippen LogP contribution is -2.38. The normalized spacial score (nSPS) is 11.7. The highest BCUT2D eigenvalue weighted by Gasteiger charge is 2.23. The smallest absolute Gasteiger partial charge is 0.252 e. The van der Waals surface area contributed by atoms with E-state index in [1.165, 1.54) is 13.1 Å². The number of aromatic amines is 1. The van der Waals surface area contributed by atoms with Crippen LogP contribution < -0.4 is 5.32 Å². The monoisotopic (exact) mass is 314 g/mol. The molecule has 0 fully saturated rings. The quantitative estimate of drug-likeness (QED) is 0.807. The van der Waals surface area contributed by atoms with Crippen LogP contribution in [0.15, 0.2) is 34.1 Å². The molecule has 0 aromatic carbocycles. The van der Waals surface area contributed by atoms with E-state index in [2.05, 4.69) is 15.3 Å². The van der Waals surface area contributed by atoms with Crippen LogP contribution in [0.25, 0.3) is 0 Å². The number of sulfonamides is 1. The van der Waals surface area contributed by atoms with E-state index in [0.717, 1.165) is 15.6 Å². The number of H-pyrrole nitrogens is 1. The van der Waals surface area contributed by atoms with Gasteiger partial charge in [-0.15, -0.1) is 11.3 Å². The topological polar surface area (TPSA) is 95.2 Å². The van der Waals surface area contributed by atoms with Gasteiger partial charge in [-0.25, -0.2) is 13.4 Å². The van der Waals surface area contributed by atoms with Gasteiger partial charge < -0.3 is 10.3 Å². The zero-order chi connectivity index (χ0) is 14.6. The Bertz CT molecular complexity index is 650. The third-order valence-electron chi connectivity index (χ3n) is 2.53. The van der Waals surface area contributed by atoms with Crippen molar-refractivity contribution >= 4 is 27.3 Å². The summed E-state index contributed by atoms with van der Waals surface area (Å²) < 4.78 is 25.4. The van der Waals surface area contributed by atoms with Crippen LogP contribution in [0.5, 0.6) is 0 Å². The Kier molecular flexibility index (Phi) is 4.53. The van der Waals surface area contributed by atoms with E-state index in [4.69, 9.17) is 0 Å². The fraction of sp³-hybridized carbons (Fsp3) is 0.273. The molecule has 2 aromatic heterocycles. The molecule has 2 aromatic rings. The minimum atomic E-state index is -3.60. The minimum Gasteiger partial charge on any atom is -0.348 e. The molecule has 0 aliphatic carbocycles. The van der Waals surface area contributed by atoms with Crippen molar-refractivity contribution in [3.05, 3.63) is 35.7 Å². The van der Waals surface area contributed by atoms with E-state index < -0.39 is 10.0 Å². The number of imidazole rings is 1. The Morgan fingerprint density at radius 1 is 1.55 bits per heavy atom. The van der Waals surface area contributed by atoms with Crippen LogP contribution in [0.2, 0.25) is 0 Å². The predicted octanol–water partition coefficient (Wildman–Crippen LogP) is 0.408. The molecule has 0 saturated heterocycles. The summed E-state index contributed by atoms with van der Waals surface area (Å²) in [6, 6.07) is 3.17. The van der Waals surface area contributed by atoms with Gasteiger partial charge in [-0.05, 0) is 11.4 Å². The van der Waals surface area contributed by atoms with Crippen LogP contribution >= 0.6 is 11.3 Å². The van der Waals surface area contributed by atoms with E-state index in [1.807, 2.05) is 0 Å². The Morgan fingerprint density at radius 3 is 2.95 bits per heavy atom. The molecule has 0 bridgehead atoms. The summed E-state index contributed by atoms with van der Waals surface area (Å²) >= 11 is 1.12. The highest BCUT2D eigenvalue weighted by molar-refractivity contribution is 7.91. The highest BCUT2D eigenvalue weighted by Crippen LogP contribution is 2.19. The van der Waals surface area contributed by atoms with Gasteiger partial charge in [0.1, 0.15) is 10.0 Å². The summed E-state index contributed by atoms with van der Waals surface area (Å²) in [5.74, 6) is 0.228. The number of rotatable bonds is 6. The molecule has 0 saturated carbocycles. The molecule has 7 nitrogen and oxygen atoms in total. The number of nitrogens with one attached hydrogen (secondary N) is 2.